The van der Waals surface area contributed by atoms with Crippen molar-refractivity contribution in [3.63, 3.8) is 0 Å². The van der Waals surface area contributed by atoms with Gasteiger partial charge in [-0.05, 0) is 30.5 Å². The van der Waals surface area contributed by atoms with Gasteiger partial charge < -0.3 is 10.5 Å². The molecule has 0 saturated heterocycles. The minimum atomic E-state index is 0.607. The lowest BCUT2D eigenvalue weighted by Gasteiger charge is -2.14. The molecule has 0 atom stereocenters. The van der Waals surface area contributed by atoms with Crippen LogP contribution in [0.25, 0.3) is 27.7 Å². The highest BCUT2D eigenvalue weighted by Gasteiger charge is 2.16. The van der Waals surface area contributed by atoms with Gasteiger partial charge in [-0.1, -0.05) is 32.0 Å². The lowest BCUT2D eigenvalue weighted by atomic mass is 9.98. The molecule has 0 aliphatic rings. The molecule has 2 heterocycles. The van der Waals surface area contributed by atoms with Crippen LogP contribution in [-0.4, -0.2) is 29.8 Å². The van der Waals surface area contributed by atoms with E-state index in [-0.39, 0.29) is 0 Å². The molecular formula is C23H26N4O. The van der Waals surface area contributed by atoms with Crippen molar-refractivity contribution in [1.82, 2.24) is 9.97 Å². The normalized spacial score (nSPS) is 12.2. The number of benzene rings is 1. The van der Waals surface area contributed by atoms with Crippen molar-refractivity contribution >= 4 is 22.7 Å². The van der Waals surface area contributed by atoms with Crippen molar-refractivity contribution in [2.45, 2.75) is 20.3 Å². The van der Waals surface area contributed by atoms with E-state index in [1.807, 2.05) is 42.6 Å². The summed E-state index contributed by atoms with van der Waals surface area (Å²) in [5.41, 5.74) is 10.2. The topological polar surface area (TPSA) is 73.4 Å². The van der Waals surface area contributed by atoms with Crippen molar-refractivity contribution in [2.24, 2.45) is 16.6 Å². The zero-order valence-corrected chi connectivity index (χ0v) is 16.6. The average Bonchev–Trinajstić information content (AvgIpc) is 2.73. The van der Waals surface area contributed by atoms with Gasteiger partial charge in [0.15, 0.2) is 0 Å². The quantitative estimate of drug-likeness (QED) is 0.607. The van der Waals surface area contributed by atoms with Crippen molar-refractivity contribution in [3.05, 3.63) is 60.6 Å². The molecule has 28 heavy (non-hydrogen) atoms. The van der Waals surface area contributed by atoms with Crippen LogP contribution in [0.15, 0.2) is 60.0 Å². The molecule has 0 bridgehead atoms. The SMILES string of the molecule is COc1ccnc(-c2ccc3cccnc3c2)c1/C(C=NCCC(C)C)=C/N. The third-order valence-corrected chi connectivity index (χ3v) is 4.55. The van der Waals surface area contributed by atoms with Crippen LogP contribution in [0.2, 0.25) is 0 Å². The Hall–Kier alpha value is -3.21. The summed E-state index contributed by atoms with van der Waals surface area (Å²) in [5.74, 6) is 1.31. The Bertz CT molecular complexity index is 1010. The number of hydrogen-bond acceptors (Lipinski definition) is 5. The minimum absolute atomic E-state index is 0.607. The van der Waals surface area contributed by atoms with Crippen molar-refractivity contribution in [2.75, 3.05) is 13.7 Å². The third kappa shape index (κ3) is 4.36. The molecule has 144 valence electrons. The second-order valence-electron chi connectivity index (χ2n) is 6.99. The van der Waals surface area contributed by atoms with E-state index in [0.29, 0.717) is 11.7 Å². The van der Waals surface area contributed by atoms with Crippen LogP contribution in [-0.2, 0) is 0 Å². The zero-order valence-electron chi connectivity index (χ0n) is 16.6. The van der Waals surface area contributed by atoms with Gasteiger partial charge in [0.1, 0.15) is 5.75 Å². The summed E-state index contributed by atoms with van der Waals surface area (Å²) in [5, 5.41) is 1.08. The van der Waals surface area contributed by atoms with Crippen molar-refractivity contribution < 1.29 is 4.74 Å². The molecule has 3 rings (SSSR count). The summed E-state index contributed by atoms with van der Waals surface area (Å²) in [6, 6.07) is 11.9. The number of aliphatic imine (C=N–C) groups is 1. The molecule has 0 spiro atoms. The Morgan fingerprint density at radius 1 is 1.18 bits per heavy atom. The highest BCUT2D eigenvalue weighted by molar-refractivity contribution is 6.13. The van der Waals surface area contributed by atoms with Crippen LogP contribution in [0.5, 0.6) is 5.75 Å². The zero-order chi connectivity index (χ0) is 19.9. The van der Waals surface area contributed by atoms with Crippen molar-refractivity contribution in [3.8, 4) is 17.0 Å². The standard InChI is InChI=1S/C23H26N4O/c1-16(2)8-11-25-15-19(14-24)22-21(28-3)9-12-27-23(22)18-7-6-17-5-4-10-26-20(17)13-18/h4-7,9-10,12-16H,8,11,24H2,1-3H3/b19-14+,25-15?. The summed E-state index contributed by atoms with van der Waals surface area (Å²) < 4.78 is 5.61. The molecule has 1 aromatic carbocycles. The van der Waals surface area contributed by atoms with E-state index in [4.69, 9.17) is 10.5 Å². The Kier molecular flexibility index (Phi) is 6.37. The Morgan fingerprint density at radius 2 is 2.04 bits per heavy atom. The van der Waals surface area contributed by atoms with Gasteiger partial charge in [0.05, 0.1) is 23.9 Å². The predicted molar refractivity (Wildman–Crippen MR) is 117 cm³/mol. The summed E-state index contributed by atoms with van der Waals surface area (Å²) >= 11 is 0. The molecule has 3 aromatic rings. The number of nitrogens with zero attached hydrogens (tertiary/aromatic N) is 3. The van der Waals surface area contributed by atoms with E-state index in [2.05, 4.69) is 28.8 Å². The van der Waals surface area contributed by atoms with Gasteiger partial charge in [0, 0.05) is 47.9 Å². The molecule has 0 unspecified atom stereocenters. The first-order chi connectivity index (χ1) is 13.6. The van der Waals surface area contributed by atoms with Gasteiger partial charge in [-0.3, -0.25) is 15.0 Å². The largest absolute Gasteiger partial charge is 0.496 e. The van der Waals surface area contributed by atoms with Crippen LogP contribution in [0.3, 0.4) is 0 Å². The fourth-order valence-electron chi connectivity index (χ4n) is 3.01. The maximum Gasteiger partial charge on any atom is 0.130 e. The summed E-state index contributed by atoms with van der Waals surface area (Å²) in [6.07, 6.45) is 7.93. The van der Waals surface area contributed by atoms with Crippen LogP contribution in [0.4, 0.5) is 0 Å². The van der Waals surface area contributed by atoms with E-state index < -0.39 is 0 Å². The number of aromatic nitrogens is 2. The second-order valence-corrected chi connectivity index (χ2v) is 6.99. The number of hydrogen-bond donors (Lipinski definition) is 1. The summed E-state index contributed by atoms with van der Waals surface area (Å²) in [6.45, 7) is 5.13. The van der Waals surface area contributed by atoms with Crippen LogP contribution in [0, 0.1) is 5.92 Å². The molecule has 5 heteroatoms. The highest BCUT2D eigenvalue weighted by Crippen LogP contribution is 2.34. The van der Waals surface area contributed by atoms with Gasteiger partial charge in [-0.25, -0.2) is 0 Å². The number of nitrogens with two attached hydrogens (primary N) is 1. The molecule has 0 aliphatic heterocycles. The second kappa shape index (κ2) is 9.13. The molecule has 0 amide bonds. The number of allylic oxidation sites excluding steroid dienone is 1. The van der Waals surface area contributed by atoms with E-state index in [1.165, 1.54) is 0 Å². The fraction of sp³-hybridized carbons (Fsp3) is 0.261. The molecular weight excluding hydrogens is 348 g/mol. The number of fused-ring (bicyclic) bond motifs is 1. The van der Waals surface area contributed by atoms with Crippen LogP contribution >= 0.6 is 0 Å². The van der Waals surface area contributed by atoms with E-state index >= 15 is 0 Å². The number of rotatable bonds is 7. The summed E-state index contributed by atoms with van der Waals surface area (Å²) in [4.78, 5) is 13.6. The van der Waals surface area contributed by atoms with Gasteiger partial charge in [-0.15, -0.1) is 0 Å². The first kappa shape index (κ1) is 19.5. The first-order valence-electron chi connectivity index (χ1n) is 9.44. The molecule has 0 fully saturated rings. The van der Waals surface area contributed by atoms with Gasteiger partial charge in [0.25, 0.3) is 0 Å². The monoisotopic (exact) mass is 374 g/mol. The Balaban J connectivity index is 2.06. The molecule has 0 aliphatic carbocycles. The number of methoxy groups -OCH3 is 1. The van der Waals surface area contributed by atoms with Gasteiger partial charge >= 0.3 is 0 Å². The fourth-order valence-corrected chi connectivity index (χ4v) is 3.01. The molecule has 2 aromatic heterocycles. The lowest BCUT2D eigenvalue weighted by molar-refractivity contribution is 0.413. The van der Waals surface area contributed by atoms with Crippen LogP contribution < -0.4 is 10.5 Å². The number of ether oxygens (including phenoxy) is 1. The Morgan fingerprint density at radius 3 is 2.79 bits per heavy atom. The molecule has 2 N–H and O–H groups in total. The molecule has 0 saturated carbocycles. The summed E-state index contributed by atoms with van der Waals surface area (Å²) in [7, 11) is 1.65. The van der Waals surface area contributed by atoms with Gasteiger partial charge in [0.2, 0.25) is 0 Å². The lowest BCUT2D eigenvalue weighted by Crippen LogP contribution is -2.01. The first-order valence-corrected chi connectivity index (χ1v) is 9.44. The smallest absolute Gasteiger partial charge is 0.130 e. The highest BCUT2D eigenvalue weighted by atomic mass is 16.5. The third-order valence-electron chi connectivity index (χ3n) is 4.55. The van der Waals surface area contributed by atoms with E-state index in [1.54, 1.807) is 25.7 Å². The molecule has 5 nitrogen and oxygen atoms in total. The molecule has 0 radical (unpaired) electrons. The maximum atomic E-state index is 5.96. The van der Waals surface area contributed by atoms with Crippen LogP contribution in [0.1, 0.15) is 25.8 Å². The van der Waals surface area contributed by atoms with E-state index in [0.717, 1.165) is 46.3 Å². The van der Waals surface area contributed by atoms with Crippen molar-refractivity contribution in [1.29, 1.82) is 0 Å². The number of pyridine rings is 2. The Labute approximate surface area is 166 Å². The predicted octanol–water partition coefficient (Wildman–Crippen LogP) is 4.72. The average molecular weight is 374 g/mol. The van der Waals surface area contributed by atoms with E-state index in [9.17, 15) is 0 Å². The maximum absolute atomic E-state index is 5.96. The minimum Gasteiger partial charge on any atom is -0.496 e. The van der Waals surface area contributed by atoms with Gasteiger partial charge in [-0.2, -0.15) is 0 Å².